The molecule has 1 aromatic carbocycles. The molecule has 0 unspecified atom stereocenters. The standard InChI is InChI=1S/C19H24N4O5/c1-28-15-4-2-3-14(9-15)10-19(18(26)27)11-23(8-5-16(19)24)17(25)6-7-22-12-20-21-13-22/h2-4,9,12-13,16,24H,5-8,10-11H2,1H3,(H,26,27)/t16-,19+/m0/s1. The number of carboxylic acids is 1. The van der Waals surface area contributed by atoms with E-state index in [2.05, 4.69) is 10.2 Å². The lowest BCUT2D eigenvalue weighted by Crippen LogP contribution is -2.58. The summed E-state index contributed by atoms with van der Waals surface area (Å²) in [5, 5.41) is 28.0. The van der Waals surface area contributed by atoms with Gasteiger partial charge in [0.15, 0.2) is 0 Å². The minimum absolute atomic E-state index is 0.0400. The molecule has 9 heteroatoms. The van der Waals surface area contributed by atoms with Gasteiger partial charge in [0.05, 0.1) is 13.2 Å². The molecule has 1 aliphatic rings. The summed E-state index contributed by atoms with van der Waals surface area (Å²) >= 11 is 0. The van der Waals surface area contributed by atoms with Gasteiger partial charge in [-0.25, -0.2) is 0 Å². The number of ether oxygens (including phenoxy) is 1. The normalized spacial score (nSPS) is 22.1. The summed E-state index contributed by atoms with van der Waals surface area (Å²) < 4.78 is 6.90. The second-order valence-electron chi connectivity index (χ2n) is 7.06. The van der Waals surface area contributed by atoms with Crippen molar-refractivity contribution in [1.29, 1.82) is 0 Å². The van der Waals surface area contributed by atoms with Crippen molar-refractivity contribution in [3.8, 4) is 5.75 Å². The minimum atomic E-state index is -1.46. The molecule has 1 aliphatic heterocycles. The molecule has 0 aliphatic carbocycles. The number of piperidine rings is 1. The van der Waals surface area contributed by atoms with E-state index in [9.17, 15) is 19.8 Å². The minimum Gasteiger partial charge on any atom is -0.497 e. The number of amides is 1. The van der Waals surface area contributed by atoms with Crippen LogP contribution in [0.3, 0.4) is 0 Å². The molecule has 1 aromatic heterocycles. The highest BCUT2D eigenvalue weighted by Gasteiger charge is 2.50. The number of nitrogens with zero attached hydrogens (tertiary/aromatic N) is 4. The molecule has 2 heterocycles. The number of carbonyl (C=O) groups is 2. The molecule has 1 fully saturated rings. The average molecular weight is 388 g/mol. The zero-order valence-corrected chi connectivity index (χ0v) is 15.7. The predicted molar refractivity (Wildman–Crippen MR) is 98.6 cm³/mol. The van der Waals surface area contributed by atoms with Crippen molar-refractivity contribution in [1.82, 2.24) is 19.7 Å². The molecule has 3 rings (SSSR count). The van der Waals surface area contributed by atoms with Gasteiger partial charge in [0.2, 0.25) is 5.91 Å². The summed E-state index contributed by atoms with van der Waals surface area (Å²) in [7, 11) is 1.54. The topological polar surface area (TPSA) is 118 Å². The van der Waals surface area contributed by atoms with Crippen molar-refractivity contribution in [2.24, 2.45) is 5.41 Å². The average Bonchev–Trinajstić information content (AvgIpc) is 3.21. The Morgan fingerprint density at radius 2 is 2.07 bits per heavy atom. The number of aliphatic carboxylic acids is 1. The molecule has 0 spiro atoms. The zero-order valence-electron chi connectivity index (χ0n) is 15.7. The highest BCUT2D eigenvalue weighted by atomic mass is 16.5. The van der Waals surface area contributed by atoms with Gasteiger partial charge in [0, 0.05) is 26.1 Å². The molecule has 0 radical (unpaired) electrons. The maximum Gasteiger partial charge on any atom is 0.314 e. The Labute approximate surface area is 162 Å². The van der Waals surface area contributed by atoms with Crippen molar-refractivity contribution in [3.05, 3.63) is 42.5 Å². The Hall–Kier alpha value is -2.94. The molecule has 0 saturated carbocycles. The van der Waals surface area contributed by atoms with Crippen LogP contribution in [0.15, 0.2) is 36.9 Å². The number of rotatable bonds is 7. The Morgan fingerprint density at radius 1 is 1.32 bits per heavy atom. The number of aliphatic hydroxyl groups is 1. The number of hydrogen-bond donors (Lipinski definition) is 2. The monoisotopic (exact) mass is 388 g/mol. The molecule has 28 heavy (non-hydrogen) atoms. The van der Waals surface area contributed by atoms with Crippen LogP contribution in [0, 0.1) is 5.41 Å². The highest BCUT2D eigenvalue weighted by Crippen LogP contribution is 2.35. The van der Waals surface area contributed by atoms with Crippen LogP contribution in [0.25, 0.3) is 0 Å². The van der Waals surface area contributed by atoms with Crippen LogP contribution in [0.4, 0.5) is 0 Å². The van der Waals surface area contributed by atoms with Gasteiger partial charge in [-0.2, -0.15) is 0 Å². The number of aliphatic hydroxyl groups excluding tert-OH is 1. The zero-order chi connectivity index (χ0) is 20.1. The van der Waals surface area contributed by atoms with E-state index in [0.29, 0.717) is 18.8 Å². The highest BCUT2D eigenvalue weighted by molar-refractivity contribution is 5.80. The molecule has 150 valence electrons. The number of aryl methyl sites for hydroxylation is 1. The molecular weight excluding hydrogens is 364 g/mol. The molecule has 9 nitrogen and oxygen atoms in total. The quantitative estimate of drug-likeness (QED) is 0.712. The summed E-state index contributed by atoms with van der Waals surface area (Å²) in [6.45, 7) is 0.706. The largest absolute Gasteiger partial charge is 0.497 e. The van der Waals surface area contributed by atoms with Crippen LogP contribution in [0.5, 0.6) is 5.75 Å². The Morgan fingerprint density at radius 3 is 2.75 bits per heavy atom. The SMILES string of the molecule is COc1cccc(C[C@@]2(C(=O)O)CN(C(=O)CCn3cnnc3)CC[C@@H]2O)c1. The van der Waals surface area contributed by atoms with Crippen LogP contribution >= 0.6 is 0 Å². The number of benzene rings is 1. The lowest BCUT2D eigenvalue weighted by molar-refractivity contribution is -0.165. The lowest BCUT2D eigenvalue weighted by Gasteiger charge is -2.43. The van der Waals surface area contributed by atoms with E-state index in [1.54, 1.807) is 28.8 Å². The molecule has 2 atom stereocenters. The van der Waals surface area contributed by atoms with Crippen molar-refractivity contribution in [2.45, 2.75) is 31.9 Å². The third-order valence-corrected chi connectivity index (χ3v) is 5.27. The lowest BCUT2D eigenvalue weighted by atomic mass is 9.72. The van der Waals surface area contributed by atoms with E-state index < -0.39 is 17.5 Å². The van der Waals surface area contributed by atoms with Gasteiger partial charge >= 0.3 is 5.97 Å². The van der Waals surface area contributed by atoms with Crippen LogP contribution in [-0.2, 0) is 22.6 Å². The Bertz CT molecular complexity index is 825. The number of likely N-dealkylation sites (tertiary alicyclic amines) is 1. The molecule has 2 N–H and O–H groups in total. The predicted octanol–water partition coefficient (Wildman–Crippen LogP) is 0.584. The fraction of sp³-hybridized carbons (Fsp3) is 0.474. The first-order chi connectivity index (χ1) is 13.4. The van der Waals surface area contributed by atoms with Gasteiger partial charge in [-0.3, -0.25) is 9.59 Å². The summed E-state index contributed by atoms with van der Waals surface area (Å²) in [5.74, 6) is -0.652. The number of carboxylic acid groups (broad SMARTS) is 1. The molecule has 1 saturated heterocycles. The van der Waals surface area contributed by atoms with E-state index in [4.69, 9.17) is 4.74 Å². The molecular formula is C19H24N4O5. The number of hydrogen-bond acceptors (Lipinski definition) is 6. The number of aromatic nitrogens is 3. The number of methoxy groups -OCH3 is 1. The van der Waals surface area contributed by atoms with Gasteiger partial charge in [-0.15, -0.1) is 10.2 Å². The first-order valence-electron chi connectivity index (χ1n) is 9.09. The summed E-state index contributed by atoms with van der Waals surface area (Å²) in [5.41, 5.74) is -0.726. The van der Waals surface area contributed by atoms with Crippen molar-refractivity contribution >= 4 is 11.9 Å². The fourth-order valence-electron chi connectivity index (χ4n) is 3.62. The van der Waals surface area contributed by atoms with Gasteiger partial charge in [0.1, 0.15) is 23.8 Å². The molecule has 1 amide bonds. The molecule has 0 bridgehead atoms. The van der Waals surface area contributed by atoms with Crippen molar-refractivity contribution < 1.29 is 24.5 Å². The summed E-state index contributed by atoms with van der Waals surface area (Å²) in [4.78, 5) is 26.4. The van der Waals surface area contributed by atoms with Crippen LogP contribution < -0.4 is 4.74 Å². The van der Waals surface area contributed by atoms with E-state index in [0.717, 1.165) is 5.56 Å². The van der Waals surface area contributed by atoms with Crippen molar-refractivity contribution in [3.63, 3.8) is 0 Å². The smallest absolute Gasteiger partial charge is 0.314 e. The second-order valence-corrected chi connectivity index (χ2v) is 7.06. The molecule has 2 aromatic rings. The Kier molecular flexibility index (Phi) is 5.93. The first-order valence-corrected chi connectivity index (χ1v) is 9.09. The van der Waals surface area contributed by atoms with Gasteiger partial charge in [-0.05, 0) is 30.5 Å². The maximum atomic E-state index is 12.6. The first kappa shape index (κ1) is 19.8. The van der Waals surface area contributed by atoms with E-state index in [-0.39, 0.29) is 31.7 Å². The van der Waals surface area contributed by atoms with Crippen molar-refractivity contribution in [2.75, 3.05) is 20.2 Å². The Balaban J connectivity index is 1.76. The third-order valence-electron chi connectivity index (χ3n) is 5.27. The van der Waals surface area contributed by atoms with Gasteiger partial charge < -0.3 is 24.4 Å². The van der Waals surface area contributed by atoms with Crippen LogP contribution in [0.1, 0.15) is 18.4 Å². The van der Waals surface area contributed by atoms with Crippen LogP contribution in [0.2, 0.25) is 0 Å². The maximum absolute atomic E-state index is 12.6. The summed E-state index contributed by atoms with van der Waals surface area (Å²) in [6, 6.07) is 7.10. The van der Waals surface area contributed by atoms with Gasteiger partial charge in [-0.1, -0.05) is 12.1 Å². The fourth-order valence-corrected chi connectivity index (χ4v) is 3.62. The third kappa shape index (κ3) is 4.14. The van der Waals surface area contributed by atoms with Crippen LogP contribution in [-0.4, -0.2) is 68.1 Å². The van der Waals surface area contributed by atoms with Gasteiger partial charge in [0.25, 0.3) is 0 Å². The summed E-state index contributed by atoms with van der Waals surface area (Å²) in [6.07, 6.45) is 2.54. The second kappa shape index (κ2) is 8.39. The van der Waals surface area contributed by atoms with E-state index in [1.165, 1.54) is 24.7 Å². The van der Waals surface area contributed by atoms with E-state index in [1.807, 2.05) is 0 Å². The van der Waals surface area contributed by atoms with E-state index >= 15 is 0 Å². The number of carbonyl (C=O) groups excluding carboxylic acids is 1.